The summed E-state index contributed by atoms with van der Waals surface area (Å²) in [6, 6.07) is 5.18. The lowest BCUT2D eigenvalue weighted by Gasteiger charge is -2.53. The molecule has 1 aromatic carbocycles. The predicted octanol–water partition coefficient (Wildman–Crippen LogP) is 3.87. The summed E-state index contributed by atoms with van der Waals surface area (Å²) in [5.74, 6) is 5.45. The number of ether oxygens (including phenoxy) is 1. The van der Waals surface area contributed by atoms with Crippen LogP contribution >= 0.6 is 0 Å². The maximum absolute atomic E-state index is 11.0. The number of nitro groups is 1. The van der Waals surface area contributed by atoms with Gasteiger partial charge < -0.3 is 9.64 Å². The van der Waals surface area contributed by atoms with E-state index in [1.54, 1.807) is 12.1 Å². The highest BCUT2D eigenvalue weighted by atomic mass is 16.6. The lowest BCUT2D eigenvalue weighted by molar-refractivity contribution is -0.385. The van der Waals surface area contributed by atoms with Crippen LogP contribution in [0.1, 0.15) is 32.1 Å². The number of piperidine rings is 1. The first kappa shape index (κ1) is 16.3. The molecule has 0 amide bonds. The summed E-state index contributed by atoms with van der Waals surface area (Å²) in [6.45, 7) is 2.02. The van der Waals surface area contributed by atoms with E-state index in [-0.39, 0.29) is 5.69 Å². The van der Waals surface area contributed by atoms with Gasteiger partial charge in [-0.1, -0.05) is 0 Å². The summed E-state index contributed by atoms with van der Waals surface area (Å²) >= 11 is 0. The van der Waals surface area contributed by atoms with Crippen molar-refractivity contribution < 1.29 is 9.66 Å². The van der Waals surface area contributed by atoms with Gasteiger partial charge in [0.15, 0.2) is 5.75 Å². The molecule has 0 N–H and O–H groups in total. The van der Waals surface area contributed by atoms with Gasteiger partial charge in [0.2, 0.25) is 0 Å². The summed E-state index contributed by atoms with van der Waals surface area (Å²) in [4.78, 5) is 13.0. The Kier molecular flexibility index (Phi) is 3.87. The Morgan fingerprint density at radius 3 is 2.64 bits per heavy atom. The smallest absolute Gasteiger partial charge is 0.311 e. The minimum atomic E-state index is -0.399. The summed E-state index contributed by atoms with van der Waals surface area (Å²) in [6.07, 6.45) is 11.9. The van der Waals surface area contributed by atoms with Crippen LogP contribution in [0.15, 0.2) is 18.2 Å². The average Bonchev–Trinajstić information content (AvgIpc) is 3.38. The highest BCUT2D eigenvalue weighted by Gasteiger charge is 2.53. The van der Waals surface area contributed by atoms with E-state index < -0.39 is 4.92 Å². The molecule has 1 aromatic rings. The first-order chi connectivity index (χ1) is 12.0. The van der Waals surface area contributed by atoms with E-state index in [9.17, 15) is 10.1 Å². The summed E-state index contributed by atoms with van der Waals surface area (Å²) in [5.41, 5.74) is 1.56. The quantitative estimate of drug-likeness (QED) is 0.474. The summed E-state index contributed by atoms with van der Waals surface area (Å²) in [5, 5.41) is 11.0. The van der Waals surface area contributed by atoms with Gasteiger partial charge in [0.1, 0.15) is 0 Å². The number of nitro benzene ring substituents is 1. The van der Waals surface area contributed by atoms with Crippen LogP contribution in [0.25, 0.3) is 0 Å². The molecule has 1 heterocycles. The van der Waals surface area contributed by atoms with Gasteiger partial charge in [-0.05, 0) is 55.4 Å². The van der Waals surface area contributed by atoms with Gasteiger partial charge in [-0.3, -0.25) is 10.1 Å². The molecule has 2 aliphatic carbocycles. The lowest BCUT2D eigenvalue weighted by Crippen LogP contribution is -2.47. The standard InChI is InChI=1S/C20H24N2O3/c1-3-14-10-17(14)15-12-20(13-15)6-8-21(9-7-20)16-4-5-18(22(23)24)19(11-16)25-2/h1,4-5,11,14-15,17H,6-10,12-13H2,2H3/t14-,17-/m1/s1. The average molecular weight is 340 g/mol. The second kappa shape index (κ2) is 5.94. The highest BCUT2D eigenvalue weighted by molar-refractivity contribution is 5.59. The lowest BCUT2D eigenvalue weighted by atomic mass is 9.56. The molecule has 2 atom stereocenters. The Bertz CT molecular complexity index is 723. The molecule has 1 spiro atoms. The molecule has 3 fully saturated rings. The van der Waals surface area contributed by atoms with Gasteiger partial charge in [-0.15, -0.1) is 12.3 Å². The van der Waals surface area contributed by atoms with Crippen LogP contribution in [-0.4, -0.2) is 25.1 Å². The van der Waals surface area contributed by atoms with Crippen molar-refractivity contribution in [1.82, 2.24) is 0 Å². The Hall–Kier alpha value is -2.22. The SMILES string of the molecule is C#C[C@@H]1C[C@H]1C1CC2(CCN(c3ccc([N+](=O)[O-])c(OC)c3)CC2)C1. The molecule has 5 heteroatoms. The number of terminal acetylenes is 1. The van der Waals surface area contributed by atoms with E-state index >= 15 is 0 Å². The zero-order chi connectivity index (χ0) is 17.6. The molecule has 0 radical (unpaired) electrons. The fourth-order valence-electron chi connectivity index (χ4n) is 4.94. The Labute approximate surface area is 148 Å². The van der Waals surface area contributed by atoms with Gasteiger partial charge in [0, 0.05) is 36.8 Å². The number of methoxy groups -OCH3 is 1. The molecular formula is C20H24N2O3. The third kappa shape index (κ3) is 2.84. The van der Waals surface area contributed by atoms with Gasteiger partial charge in [-0.25, -0.2) is 0 Å². The molecule has 2 saturated carbocycles. The molecule has 0 aromatic heterocycles. The molecule has 1 aliphatic heterocycles. The van der Waals surface area contributed by atoms with Crippen molar-refractivity contribution in [2.45, 2.75) is 32.1 Å². The molecule has 5 nitrogen and oxygen atoms in total. The Morgan fingerprint density at radius 1 is 1.36 bits per heavy atom. The number of benzene rings is 1. The van der Waals surface area contributed by atoms with E-state index in [0.717, 1.165) is 30.6 Å². The minimum Gasteiger partial charge on any atom is -0.490 e. The zero-order valence-electron chi connectivity index (χ0n) is 14.6. The van der Waals surface area contributed by atoms with Crippen molar-refractivity contribution in [3.8, 4) is 18.1 Å². The van der Waals surface area contributed by atoms with Crippen molar-refractivity contribution in [3.05, 3.63) is 28.3 Å². The molecule has 0 bridgehead atoms. The van der Waals surface area contributed by atoms with E-state index in [4.69, 9.17) is 11.2 Å². The van der Waals surface area contributed by atoms with Crippen LogP contribution in [0.2, 0.25) is 0 Å². The maximum Gasteiger partial charge on any atom is 0.311 e. The van der Waals surface area contributed by atoms with E-state index in [1.807, 2.05) is 6.07 Å². The monoisotopic (exact) mass is 340 g/mol. The minimum absolute atomic E-state index is 0.0223. The Morgan fingerprint density at radius 2 is 2.08 bits per heavy atom. The number of nitrogens with zero attached hydrogens (tertiary/aromatic N) is 2. The van der Waals surface area contributed by atoms with E-state index in [1.165, 1.54) is 39.2 Å². The molecule has 3 aliphatic rings. The van der Waals surface area contributed by atoms with E-state index in [2.05, 4.69) is 10.8 Å². The fourth-order valence-corrected chi connectivity index (χ4v) is 4.94. The van der Waals surface area contributed by atoms with Crippen molar-refractivity contribution >= 4 is 11.4 Å². The van der Waals surface area contributed by atoms with Crippen LogP contribution in [-0.2, 0) is 0 Å². The number of rotatable bonds is 4. The number of hydrogen-bond acceptors (Lipinski definition) is 4. The van der Waals surface area contributed by atoms with E-state index in [0.29, 0.717) is 17.1 Å². The summed E-state index contributed by atoms with van der Waals surface area (Å²) < 4.78 is 5.19. The number of anilines is 1. The largest absolute Gasteiger partial charge is 0.490 e. The van der Waals surface area contributed by atoms with Crippen LogP contribution in [0.4, 0.5) is 11.4 Å². The molecule has 4 rings (SSSR count). The fraction of sp³-hybridized carbons (Fsp3) is 0.600. The van der Waals surface area contributed by atoms with Crippen molar-refractivity contribution in [1.29, 1.82) is 0 Å². The highest BCUT2D eigenvalue weighted by Crippen LogP contribution is 2.61. The first-order valence-electron chi connectivity index (χ1n) is 9.09. The molecule has 1 saturated heterocycles. The third-order valence-electron chi connectivity index (χ3n) is 6.60. The van der Waals surface area contributed by atoms with Crippen LogP contribution in [0.3, 0.4) is 0 Å². The van der Waals surface area contributed by atoms with Crippen molar-refractivity contribution in [3.63, 3.8) is 0 Å². The second-order valence-corrected chi connectivity index (χ2v) is 7.94. The predicted molar refractivity (Wildman–Crippen MR) is 96.7 cm³/mol. The van der Waals surface area contributed by atoms with Gasteiger partial charge in [0.05, 0.1) is 12.0 Å². The molecule has 132 valence electrons. The molecule has 0 unspecified atom stereocenters. The van der Waals surface area contributed by atoms with Gasteiger partial charge in [-0.2, -0.15) is 0 Å². The van der Waals surface area contributed by atoms with Gasteiger partial charge >= 0.3 is 5.69 Å². The second-order valence-electron chi connectivity index (χ2n) is 7.94. The summed E-state index contributed by atoms with van der Waals surface area (Å²) in [7, 11) is 1.48. The first-order valence-corrected chi connectivity index (χ1v) is 9.09. The maximum atomic E-state index is 11.0. The van der Waals surface area contributed by atoms with Gasteiger partial charge in [0.25, 0.3) is 0 Å². The van der Waals surface area contributed by atoms with Crippen molar-refractivity contribution in [2.75, 3.05) is 25.1 Å². The van der Waals surface area contributed by atoms with Crippen LogP contribution in [0.5, 0.6) is 5.75 Å². The van der Waals surface area contributed by atoms with Crippen molar-refractivity contribution in [2.24, 2.45) is 23.2 Å². The topological polar surface area (TPSA) is 55.6 Å². The molecule has 25 heavy (non-hydrogen) atoms. The van der Waals surface area contributed by atoms with Crippen LogP contribution in [0, 0.1) is 45.6 Å². The Balaban J connectivity index is 1.37. The van der Waals surface area contributed by atoms with Crippen LogP contribution < -0.4 is 9.64 Å². The number of hydrogen-bond donors (Lipinski definition) is 0. The molecular weight excluding hydrogens is 316 g/mol. The third-order valence-corrected chi connectivity index (χ3v) is 6.60. The zero-order valence-corrected chi connectivity index (χ0v) is 14.6. The normalized spacial score (nSPS) is 27.4.